The molecule has 0 aromatic carbocycles. The maximum Gasteiger partial charge on any atom is 0.226 e. The van der Waals surface area contributed by atoms with E-state index in [2.05, 4.69) is 20.3 Å². The van der Waals surface area contributed by atoms with E-state index in [4.69, 9.17) is 16.7 Å². The second kappa shape index (κ2) is 5.72. The van der Waals surface area contributed by atoms with E-state index in [-0.39, 0.29) is 40.2 Å². The maximum atomic E-state index is 13.9. The Balaban J connectivity index is 2.73. The fraction of sp³-hybridized carbons (Fsp3) is 0.300. The van der Waals surface area contributed by atoms with Crippen molar-refractivity contribution in [3.8, 4) is 5.88 Å². The number of aliphatic hydroxyl groups excluding tert-OH is 1. The van der Waals surface area contributed by atoms with Crippen LogP contribution in [0.1, 0.15) is 0 Å². The van der Waals surface area contributed by atoms with Gasteiger partial charge in [0, 0.05) is 6.54 Å². The van der Waals surface area contributed by atoms with Crippen molar-refractivity contribution in [2.24, 2.45) is 0 Å². The van der Waals surface area contributed by atoms with Gasteiger partial charge in [-0.1, -0.05) is 23.4 Å². The van der Waals surface area contributed by atoms with E-state index >= 15 is 0 Å². The summed E-state index contributed by atoms with van der Waals surface area (Å²) in [5.74, 6) is -1.09. The first-order chi connectivity index (χ1) is 9.08. The van der Waals surface area contributed by atoms with Gasteiger partial charge in [0.15, 0.2) is 16.1 Å². The number of anilines is 1. The second-order valence-corrected chi connectivity index (χ2v) is 4.60. The highest BCUT2D eigenvalue weighted by molar-refractivity contribution is 7.98. The lowest BCUT2D eigenvalue weighted by Gasteiger charge is -2.10. The average Bonchev–Trinajstić information content (AvgIpc) is 2.40. The Bertz CT molecular complexity index is 628. The minimum Gasteiger partial charge on any atom is -0.493 e. The van der Waals surface area contributed by atoms with Crippen molar-refractivity contribution >= 4 is 40.1 Å². The quantitative estimate of drug-likeness (QED) is 0.449. The average molecular weight is 305 g/mol. The summed E-state index contributed by atoms with van der Waals surface area (Å²) in [4.78, 5) is 11.6. The first-order valence-electron chi connectivity index (χ1n) is 5.23. The Morgan fingerprint density at radius 1 is 1.37 bits per heavy atom. The number of halogens is 2. The summed E-state index contributed by atoms with van der Waals surface area (Å²) in [6.45, 7) is 0.0243. The summed E-state index contributed by atoms with van der Waals surface area (Å²) < 4.78 is 13.9. The third-order valence-electron chi connectivity index (χ3n) is 2.29. The zero-order chi connectivity index (χ0) is 14.0. The third kappa shape index (κ3) is 2.65. The van der Waals surface area contributed by atoms with Crippen molar-refractivity contribution < 1.29 is 14.6 Å². The number of thioether (sulfide) groups is 1. The smallest absolute Gasteiger partial charge is 0.226 e. The number of hydrogen-bond donors (Lipinski definition) is 3. The van der Waals surface area contributed by atoms with Crippen molar-refractivity contribution in [1.82, 2.24) is 15.0 Å². The summed E-state index contributed by atoms with van der Waals surface area (Å²) in [5.41, 5.74) is -0.114. The van der Waals surface area contributed by atoms with Crippen LogP contribution in [0.25, 0.3) is 10.9 Å². The summed E-state index contributed by atoms with van der Waals surface area (Å²) in [5, 5.41) is 21.3. The number of nitrogens with zero attached hydrogens (tertiary/aromatic N) is 3. The molecule has 0 bridgehead atoms. The molecular formula is C10H10ClFN4O2S. The fourth-order valence-corrected chi connectivity index (χ4v) is 2.03. The number of nitrogens with one attached hydrogen (secondary N) is 1. The Labute approximate surface area is 117 Å². The van der Waals surface area contributed by atoms with Crippen LogP contribution in [-0.2, 0) is 0 Å². The van der Waals surface area contributed by atoms with Crippen LogP contribution in [0.5, 0.6) is 5.88 Å². The molecule has 9 heteroatoms. The van der Waals surface area contributed by atoms with Gasteiger partial charge >= 0.3 is 0 Å². The molecule has 0 aliphatic carbocycles. The van der Waals surface area contributed by atoms with Crippen LogP contribution < -0.4 is 5.32 Å². The van der Waals surface area contributed by atoms with E-state index in [1.807, 2.05) is 0 Å². The Morgan fingerprint density at radius 3 is 2.74 bits per heavy atom. The maximum absolute atomic E-state index is 13.9. The largest absolute Gasteiger partial charge is 0.493 e. The molecule has 0 aliphatic heterocycles. The van der Waals surface area contributed by atoms with Gasteiger partial charge in [0.25, 0.3) is 0 Å². The molecule has 0 spiro atoms. The Kier molecular flexibility index (Phi) is 4.23. The number of fused-ring (bicyclic) bond motifs is 1. The lowest BCUT2D eigenvalue weighted by molar-refractivity contribution is 0.311. The molecule has 2 heterocycles. The summed E-state index contributed by atoms with van der Waals surface area (Å²) in [6.07, 6.45) is 1.70. The van der Waals surface area contributed by atoms with Crippen LogP contribution in [-0.4, -0.2) is 44.6 Å². The van der Waals surface area contributed by atoms with Gasteiger partial charge in [0.1, 0.15) is 16.7 Å². The van der Waals surface area contributed by atoms with Crippen molar-refractivity contribution in [1.29, 1.82) is 0 Å². The normalized spacial score (nSPS) is 10.9. The fourth-order valence-electron chi connectivity index (χ4n) is 1.50. The molecule has 2 rings (SSSR count). The van der Waals surface area contributed by atoms with Gasteiger partial charge < -0.3 is 15.5 Å². The van der Waals surface area contributed by atoms with Gasteiger partial charge in [0.2, 0.25) is 5.88 Å². The molecule has 0 aliphatic rings. The first-order valence-corrected chi connectivity index (χ1v) is 6.83. The van der Waals surface area contributed by atoms with Crippen LogP contribution in [0, 0.1) is 5.82 Å². The van der Waals surface area contributed by atoms with E-state index in [0.717, 1.165) is 11.8 Å². The molecule has 0 saturated heterocycles. The molecule has 0 unspecified atom stereocenters. The summed E-state index contributed by atoms with van der Waals surface area (Å²) in [6, 6.07) is 0. The van der Waals surface area contributed by atoms with Crippen LogP contribution in [0.15, 0.2) is 5.16 Å². The van der Waals surface area contributed by atoms with Gasteiger partial charge in [-0.15, -0.1) is 0 Å². The number of aliphatic hydroxyl groups is 1. The van der Waals surface area contributed by atoms with Gasteiger partial charge in [-0.05, 0) is 6.26 Å². The second-order valence-electron chi connectivity index (χ2n) is 3.47. The van der Waals surface area contributed by atoms with E-state index in [1.165, 1.54) is 0 Å². The lowest BCUT2D eigenvalue weighted by atomic mass is 10.2. The molecule has 3 N–H and O–H groups in total. The molecule has 19 heavy (non-hydrogen) atoms. The van der Waals surface area contributed by atoms with Crippen molar-refractivity contribution in [2.75, 3.05) is 24.7 Å². The van der Waals surface area contributed by atoms with E-state index in [0.29, 0.717) is 0 Å². The summed E-state index contributed by atoms with van der Waals surface area (Å²) >= 11 is 6.85. The Hall–Kier alpha value is -1.38. The number of aromatic nitrogens is 3. The van der Waals surface area contributed by atoms with E-state index in [1.54, 1.807) is 6.26 Å². The number of hydrogen-bond acceptors (Lipinski definition) is 7. The van der Waals surface area contributed by atoms with Crippen LogP contribution in [0.3, 0.4) is 0 Å². The highest BCUT2D eigenvalue weighted by Crippen LogP contribution is 2.33. The van der Waals surface area contributed by atoms with Crippen molar-refractivity contribution in [2.45, 2.75) is 5.16 Å². The SMILES string of the molecule is CSc1nc(O)c2c(NCCO)nc(Cl)c(F)c2n1. The van der Waals surface area contributed by atoms with Crippen molar-refractivity contribution in [3.05, 3.63) is 11.0 Å². The van der Waals surface area contributed by atoms with Gasteiger partial charge in [0.05, 0.1) is 6.61 Å². The zero-order valence-corrected chi connectivity index (χ0v) is 11.4. The number of pyridine rings is 1. The molecule has 2 aromatic rings. The molecule has 0 amide bonds. The molecule has 0 radical (unpaired) electrons. The molecular weight excluding hydrogens is 295 g/mol. The first kappa shape index (κ1) is 14.0. The standard InChI is InChI=1S/C10H10ClFN4O2S/c1-19-10-14-6-4(9(18)16-10)8(13-2-3-17)15-7(11)5(6)12/h17H,2-3H2,1H3,(H,13,15)(H,14,16,18). The van der Waals surface area contributed by atoms with E-state index < -0.39 is 11.7 Å². The van der Waals surface area contributed by atoms with Crippen LogP contribution in [0.2, 0.25) is 5.15 Å². The molecule has 102 valence electrons. The van der Waals surface area contributed by atoms with Crippen LogP contribution in [0.4, 0.5) is 10.2 Å². The molecule has 0 fully saturated rings. The Morgan fingerprint density at radius 2 is 2.11 bits per heavy atom. The van der Waals surface area contributed by atoms with Gasteiger partial charge in [-0.3, -0.25) is 0 Å². The molecule has 0 saturated carbocycles. The van der Waals surface area contributed by atoms with Crippen molar-refractivity contribution in [3.63, 3.8) is 0 Å². The molecule has 0 atom stereocenters. The summed E-state index contributed by atoms with van der Waals surface area (Å²) in [7, 11) is 0. The van der Waals surface area contributed by atoms with Gasteiger partial charge in [-0.25, -0.2) is 14.4 Å². The topological polar surface area (TPSA) is 91.2 Å². The number of rotatable bonds is 4. The highest BCUT2D eigenvalue weighted by Gasteiger charge is 2.19. The number of aromatic hydroxyl groups is 1. The van der Waals surface area contributed by atoms with E-state index in [9.17, 15) is 9.50 Å². The third-order valence-corrected chi connectivity index (χ3v) is 3.09. The van der Waals surface area contributed by atoms with Gasteiger partial charge in [-0.2, -0.15) is 4.98 Å². The molecule has 6 nitrogen and oxygen atoms in total. The predicted molar refractivity (Wildman–Crippen MR) is 71.3 cm³/mol. The monoisotopic (exact) mass is 304 g/mol. The van der Waals surface area contributed by atoms with Crippen LogP contribution >= 0.6 is 23.4 Å². The lowest BCUT2D eigenvalue weighted by Crippen LogP contribution is -2.09. The zero-order valence-electron chi connectivity index (χ0n) is 9.81. The molecule has 2 aromatic heterocycles. The highest BCUT2D eigenvalue weighted by atomic mass is 35.5. The minimum atomic E-state index is -0.820. The predicted octanol–water partition coefficient (Wildman–Crippen LogP) is 1.65. The minimum absolute atomic E-state index is 0.0353.